The van der Waals surface area contributed by atoms with Gasteiger partial charge in [0.1, 0.15) is 5.69 Å². The van der Waals surface area contributed by atoms with Gasteiger partial charge in [-0.3, -0.25) is 14.1 Å². The fraction of sp³-hybridized carbons (Fsp3) is 0.379. The Balaban J connectivity index is 1.28. The van der Waals surface area contributed by atoms with E-state index in [1.807, 2.05) is 17.2 Å². The van der Waals surface area contributed by atoms with Gasteiger partial charge < -0.3 is 14.4 Å². The number of imidazole rings is 1. The molecule has 2 aliphatic rings. The second-order valence-electron chi connectivity index (χ2n) is 10.3. The van der Waals surface area contributed by atoms with Gasteiger partial charge in [0.15, 0.2) is 0 Å². The van der Waals surface area contributed by atoms with E-state index in [4.69, 9.17) is 14.5 Å². The number of morpholine rings is 1. The van der Waals surface area contributed by atoms with Crippen molar-refractivity contribution >= 4 is 11.7 Å². The SMILES string of the molecule is COc1cccc(C(=O)N2C3COCC2CN(Cc2c(-c4ccc(C(C)C)cc4)nc4ncccn24)C3)n1. The molecule has 0 radical (unpaired) electrons. The number of benzene rings is 1. The number of pyridine rings is 1. The molecule has 2 fully saturated rings. The standard InChI is InChI=1S/C29H32N6O3/c1-19(2)20-8-10-21(11-9-20)27-25(34-13-5-12-30-29(34)32-27)16-33-14-22-17-38-18-23(15-33)35(22)28(36)24-6-4-7-26(31-24)37-3/h4-13,19,22-23H,14-18H2,1-3H3. The van der Waals surface area contributed by atoms with E-state index >= 15 is 0 Å². The normalized spacial score (nSPS) is 19.7. The molecule has 0 spiro atoms. The van der Waals surface area contributed by atoms with E-state index in [1.165, 1.54) is 5.56 Å². The van der Waals surface area contributed by atoms with Gasteiger partial charge >= 0.3 is 0 Å². The lowest BCUT2D eigenvalue weighted by Crippen LogP contribution is -2.66. The molecule has 4 aromatic rings. The monoisotopic (exact) mass is 512 g/mol. The van der Waals surface area contributed by atoms with Gasteiger partial charge in [-0.15, -0.1) is 0 Å². The number of ether oxygens (including phenoxy) is 2. The van der Waals surface area contributed by atoms with Crippen molar-refractivity contribution in [3.05, 3.63) is 77.9 Å². The summed E-state index contributed by atoms with van der Waals surface area (Å²) in [6.07, 6.45) is 3.80. The number of carbonyl (C=O) groups is 1. The molecule has 0 N–H and O–H groups in total. The Morgan fingerprint density at radius 2 is 1.82 bits per heavy atom. The van der Waals surface area contributed by atoms with E-state index in [-0.39, 0.29) is 18.0 Å². The number of fused-ring (bicyclic) bond motifs is 3. The molecule has 1 aromatic carbocycles. The Hall–Kier alpha value is -3.82. The molecule has 2 saturated heterocycles. The number of hydrogen-bond acceptors (Lipinski definition) is 7. The van der Waals surface area contributed by atoms with Crippen LogP contribution in [0, 0.1) is 0 Å². The summed E-state index contributed by atoms with van der Waals surface area (Å²) in [6.45, 7) is 7.49. The van der Waals surface area contributed by atoms with Gasteiger partial charge in [-0.2, -0.15) is 0 Å². The van der Waals surface area contributed by atoms with Crippen LogP contribution in [-0.4, -0.2) is 80.6 Å². The van der Waals surface area contributed by atoms with Gasteiger partial charge in [-0.05, 0) is 23.6 Å². The first-order valence-corrected chi connectivity index (χ1v) is 13.1. The van der Waals surface area contributed by atoms with Gasteiger partial charge in [0.25, 0.3) is 5.91 Å². The Labute approximate surface area is 222 Å². The number of piperazine rings is 1. The van der Waals surface area contributed by atoms with Crippen LogP contribution in [0.4, 0.5) is 0 Å². The number of carbonyl (C=O) groups excluding carboxylic acids is 1. The van der Waals surface area contributed by atoms with Crippen LogP contribution in [0.15, 0.2) is 60.9 Å². The lowest BCUT2D eigenvalue weighted by molar-refractivity contribution is -0.0818. The summed E-state index contributed by atoms with van der Waals surface area (Å²) in [6, 6.07) is 15.8. The third-order valence-electron chi connectivity index (χ3n) is 7.46. The first kappa shape index (κ1) is 24.5. The number of nitrogens with zero attached hydrogens (tertiary/aromatic N) is 6. The van der Waals surface area contributed by atoms with Gasteiger partial charge in [-0.1, -0.05) is 44.2 Å². The van der Waals surface area contributed by atoms with E-state index in [0.29, 0.717) is 56.1 Å². The molecule has 196 valence electrons. The number of amides is 1. The Bertz CT molecular complexity index is 1440. The van der Waals surface area contributed by atoms with E-state index < -0.39 is 0 Å². The first-order chi connectivity index (χ1) is 18.5. The zero-order valence-corrected chi connectivity index (χ0v) is 21.9. The second kappa shape index (κ2) is 10.2. The van der Waals surface area contributed by atoms with Gasteiger partial charge in [0.2, 0.25) is 11.7 Å². The van der Waals surface area contributed by atoms with Crippen molar-refractivity contribution in [3.63, 3.8) is 0 Å². The fourth-order valence-corrected chi connectivity index (χ4v) is 5.55. The molecule has 2 bridgehead atoms. The number of aromatic nitrogens is 4. The highest BCUT2D eigenvalue weighted by Crippen LogP contribution is 2.30. The Morgan fingerprint density at radius 3 is 2.53 bits per heavy atom. The molecule has 9 nitrogen and oxygen atoms in total. The lowest BCUT2D eigenvalue weighted by Gasteiger charge is -2.49. The molecule has 1 amide bonds. The summed E-state index contributed by atoms with van der Waals surface area (Å²) >= 11 is 0. The Morgan fingerprint density at radius 1 is 1.05 bits per heavy atom. The van der Waals surface area contributed by atoms with Crippen molar-refractivity contribution in [2.75, 3.05) is 33.4 Å². The first-order valence-electron chi connectivity index (χ1n) is 13.1. The maximum atomic E-state index is 13.5. The molecular formula is C29H32N6O3. The summed E-state index contributed by atoms with van der Waals surface area (Å²) in [5.74, 6) is 1.52. The highest BCUT2D eigenvalue weighted by Gasteiger charge is 2.42. The minimum Gasteiger partial charge on any atom is -0.481 e. The van der Waals surface area contributed by atoms with Crippen LogP contribution < -0.4 is 4.74 Å². The summed E-state index contributed by atoms with van der Waals surface area (Å²) < 4.78 is 13.2. The van der Waals surface area contributed by atoms with Gasteiger partial charge in [0.05, 0.1) is 43.8 Å². The second-order valence-corrected chi connectivity index (χ2v) is 10.3. The number of methoxy groups -OCH3 is 1. The lowest BCUT2D eigenvalue weighted by atomic mass is 10.00. The molecule has 0 saturated carbocycles. The molecule has 6 rings (SSSR count). The predicted octanol–water partition coefficient (Wildman–Crippen LogP) is 3.65. The molecule has 2 atom stereocenters. The predicted molar refractivity (Wildman–Crippen MR) is 143 cm³/mol. The molecule has 0 aliphatic carbocycles. The van der Waals surface area contributed by atoms with E-state index in [9.17, 15) is 4.79 Å². The van der Waals surface area contributed by atoms with Gasteiger partial charge in [-0.25, -0.2) is 15.0 Å². The average molecular weight is 513 g/mol. The summed E-state index contributed by atoms with van der Waals surface area (Å²) in [5, 5.41) is 0. The third-order valence-corrected chi connectivity index (χ3v) is 7.46. The molecular weight excluding hydrogens is 480 g/mol. The molecule has 5 heterocycles. The van der Waals surface area contributed by atoms with Crippen LogP contribution in [0.2, 0.25) is 0 Å². The zero-order chi connectivity index (χ0) is 26.2. The van der Waals surface area contributed by atoms with Crippen LogP contribution in [0.5, 0.6) is 5.88 Å². The third kappa shape index (κ3) is 4.52. The quantitative estimate of drug-likeness (QED) is 0.390. The van der Waals surface area contributed by atoms with Crippen LogP contribution in [-0.2, 0) is 11.3 Å². The molecule has 9 heteroatoms. The number of rotatable bonds is 6. The van der Waals surface area contributed by atoms with Crippen molar-refractivity contribution < 1.29 is 14.3 Å². The van der Waals surface area contributed by atoms with Crippen LogP contribution in [0.3, 0.4) is 0 Å². The summed E-state index contributed by atoms with van der Waals surface area (Å²) in [4.78, 5) is 31.7. The Kier molecular flexibility index (Phi) is 6.55. The average Bonchev–Trinajstić information content (AvgIpc) is 3.30. The van der Waals surface area contributed by atoms with Gasteiger partial charge in [0, 0.05) is 43.7 Å². The molecule has 38 heavy (non-hydrogen) atoms. The van der Waals surface area contributed by atoms with Crippen LogP contribution in [0.25, 0.3) is 17.0 Å². The summed E-state index contributed by atoms with van der Waals surface area (Å²) in [7, 11) is 1.56. The topological polar surface area (TPSA) is 85.1 Å². The van der Waals surface area contributed by atoms with E-state index in [2.05, 4.69) is 57.4 Å². The summed E-state index contributed by atoms with van der Waals surface area (Å²) in [5.41, 5.74) is 4.82. The number of hydrogen-bond donors (Lipinski definition) is 0. The smallest absolute Gasteiger partial charge is 0.273 e. The largest absolute Gasteiger partial charge is 0.481 e. The van der Waals surface area contributed by atoms with Crippen molar-refractivity contribution in [2.24, 2.45) is 0 Å². The van der Waals surface area contributed by atoms with Crippen molar-refractivity contribution in [1.82, 2.24) is 29.2 Å². The van der Waals surface area contributed by atoms with Crippen molar-refractivity contribution in [3.8, 4) is 17.1 Å². The fourth-order valence-electron chi connectivity index (χ4n) is 5.55. The van der Waals surface area contributed by atoms with Crippen molar-refractivity contribution in [1.29, 1.82) is 0 Å². The highest BCUT2D eigenvalue weighted by molar-refractivity contribution is 5.93. The molecule has 2 unspecified atom stereocenters. The van der Waals surface area contributed by atoms with E-state index in [0.717, 1.165) is 17.0 Å². The molecule has 2 aliphatic heterocycles. The van der Waals surface area contributed by atoms with Crippen LogP contribution >= 0.6 is 0 Å². The maximum Gasteiger partial charge on any atom is 0.273 e. The minimum atomic E-state index is -0.0771. The van der Waals surface area contributed by atoms with Crippen molar-refractivity contribution in [2.45, 2.75) is 38.4 Å². The highest BCUT2D eigenvalue weighted by atomic mass is 16.5. The zero-order valence-electron chi connectivity index (χ0n) is 21.9. The van der Waals surface area contributed by atoms with Crippen LogP contribution in [0.1, 0.15) is 41.5 Å². The maximum absolute atomic E-state index is 13.5. The van der Waals surface area contributed by atoms with E-state index in [1.54, 1.807) is 31.5 Å². The minimum absolute atomic E-state index is 0.0610. The molecule has 3 aromatic heterocycles.